The first kappa shape index (κ1) is 10.8. The number of rotatable bonds is 1. The van der Waals surface area contributed by atoms with Crippen molar-refractivity contribution in [2.75, 3.05) is 0 Å². The summed E-state index contributed by atoms with van der Waals surface area (Å²) < 4.78 is 0. The third kappa shape index (κ3) is 2.09. The van der Waals surface area contributed by atoms with Gasteiger partial charge < -0.3 is 0 Å². The molecule has 0 aliphatic heterocycles. The Morgan fingerprint density at radius 1 is 1.19 bits per heavy atom. The molecule has 0 radical (unpaired) electrons. The zero-order valence-electron chi connectivity index (χ0n) is 9.83. The van der Waals surface area contributed by atoms with Gasteiger partial charge in [0, 0.05) is 5.57 Å². The van der Waals surface area contributed by atoms with Crippen LogP contribution in [0.15, 0.2) is 48.1 Å². The molecule has 2 rings (SSSR count). The third-order valence-corrected chi connectivity index (χ3v) is 2.90. The molecule has 0 heteroatoms. The highest BCUT2D eigenvalue weighted by Crippen LogP contribution is 2.36. The summed E-state index contributed by atoms with van der Waals surface area (Å²) in [6.45, 7) is 4.42. The summed E-state index contributed by atoms with van der Waals surface area (Å²) in [6.07, 6.45) is 11.1. The molecule has 0 amide bonds. The second-order valence-corrected chi connectivity index (χ2v) is 4.88. The van der Waals surface area contributed by atoms with Crippen LogP contribution in [0, 0.1) is 17.8 Å². The van der Waals surface area contributed by atoms with Crippen LogP contribution in [0.1, 0.15) is 25.8 Å². The van der Waals surface area contributed by atoms with Gasteiger partial charge in [-0.25, -0.2) is 0 Å². The summed E-state index contributed by atoms with van der Waals surface area (Å²) in [6, 6.07) is 10.3. The summed E-state index contributed by atoms with van der Waals surface area (Å²) >= 11 is 0. The van der Waals surface area contributed by atoms with Gasteiger partial charge >= 0.3 is 0 Å². The van der Waals surface area contributed by atoms with E-state index in [1.807, 2.05) is 18.2 Å². The molecule has 0 saturated heterocycles. The summed E-state index contributed by atoms with van der Waals surface area (Å²) in [4.78, 5) is 0. The Kier molecular flexibility index (Phi) is 2.71. The fourth-order valence-electron chi connectivity index (χ4n) is 2.01. The predicted molar refractivity (Wildman–Crippen MR) is 69.7 cm³/mol. The first-order chi connectivity index (χ1) is 7.62. The normalized spacial score (nSPS) is 18.3. The van der Waals surface area contributed by atoms with Gasteiger partial charge in [-0.2, -0.15) is 0 Å². The van der Waals surface area contributed by atoms with E-state index in [4.69, 9.17) is 6.42 Å². The van der Waals surface area contributed by atoms with E-state index in [2.05, 4.69) is 44.1 Å². The van der Waals surface area contributed by atoms with E-state index >= 15 is 0 Å². The van der Waals surface area contributed by atoms with Crippen LogP contribution in [0.3, 0.4) is 0 Å². The van der Waals surface area contributed by atoms with Crippen LogP contribution in [0.5, 0.6) is 0 Å². The van der Waals surface area contributed by atoms with Crippen molar-refractivity contribution in [1.82, 2.24) is 0 Å². The van der Waals surface area contributed by atoms with Crippen LogP contribution < -0.4 is 0 Å². The van der Waals surface area contributed by atoms with E-state index in [1.54, 1.807) is 0 Å². The molecule has 0 bridgehead atoms. The lowest BCUT2D eigenvalue weighted by atomic mass is 9.79. The standard InChI is InChI=1S/C16H16/c1-4-13-12-16(2,3)11-10-15(13)14-8-6-5-7-9-14/h1,5-10,12H,11H2,2-3H3. The van der Waals surface area contributed by atoms with Crippen molar-refractivity contribution in [1.29, 1.82) is 0 Å². The van der Waals surface area contributed by atoms with Crippen LogP contribution >= 0.6 is 0 Å². The van der Waals surface area contributed by atoms with E-state index in [0.29, 0.717) is 0 Å². The quantitative estimate of drug-likeness (QED) is 0.610. The second kappa shape index (κ2) is 4.02. The van der Waals surface area contributed by atoms with Gasteiger partial charge in [0.25, 0.3) is 0 Å². The Balaban J connectivity index is 2.43. The van der Waals surface area contributed by atoms with Crippen LogP contribution in [0.25, 0.3) is 5.57 Å². The first-order valence-electron chi connectivity index (χ1n) is 5.58. The van der Waals surface area contributed by atoms with Gasteiger partial charge in [0.05, 0.1) is 0 Å². The molecule has 0 N–H and O–H groups in total. The molecule has 0 fully saturated rings. The lowest BCUT2D eigenvalue weighted by Gasteiger charge is -2.25. The highest BCUT2D eigenvalue weighted by Gasteiger charge is 2.21. The monoisotopic (exact) mass is 208 g/mol. The summed E-state index contributed by atoms with van der Waals surface area (Å²) in [7, 11) is 0. The molecule has 0 spiro atoms. The largest absolute Gasteiger partial charge is 0.115 e. The Morgan fingerprint density at radius 2 is 1.88 bits per heavy atom. The molecule has 1 aliphatic rings. The van der Waals surface area contributed by atoms with Crippen molar-refractivity contribution in [2.24, 2.45) is 5.41 Å². The van der Waals surface area contributed by atoms with Crippen molar-refractivity contribution in [2.45, 2.75) is 20.3 Å². The lowest BCUT2D eigenvalue weighted by Crippen LogP contribution is -2.11. The summed E-state index contributed by atoms with van der Waals surface area (Å²) in [5.41, 5.74) is 3.60. The minimum absolute atomic E-state index is 0.181. The fraction of sp³-hybridized carbons (Fsp3) is 0.250. The van der Waals surface area contributed by atoms with Crippen molar-refractivity contribution in [3.8, 4) is 12.3 Å². The number of allylic oxidation sites excluding steroid dienone is 4. The smallest absolute Gasteiger partial charge is 0.0283 e. The van der Waals surface area contributed by atoms with Crippen LogP contribution in [-0.2, 0) is 0 Å². The number of benzene rings is 1. The van der Waals surface area contributed by atoms with Gasteiger partial charge in [0.2, 0.25) is 0 Å². The van der Waals surface area contributed by atoms with Gasteiger partial charge in [0.15, 0.2) is 0 Å². The maximum Gasteiger partial charge on any atom is 0.0283 e. The molecular formula is C16H16. The maximum atomic E-state index is 5.59. The Hall–Kier alpha value is -1.74. The van der Waals surface area contributed by atoms with Gasteiger partial charge in [-0.3, -0.25) is 0 Å². The van der Waals surface area contributed by atoms with Gasteiger partial charge in [-0.15, -0.1) is 6.42 Å². The van der Waals surface area contributed by atoms with Gasteiger partial charge in [0.1, 0.15) is 0 Å². The number of hydrogen-bond donors (Lipinski definition) is 0. The molecule has 0 heterocycles. The molecule has 0 saturated carbocycles. The third-order valence-electron chi connectivity index (χ3n) is 2.90. The molecule has 1 aromatic carbocycles. The average Bonchev–Trinajstić information content (AvgIpc) is 2.29. The minimum Gasteiger partial charge on any atom is -0.115 e. The van der Waals surface area contributed by atoms with Crippen molar-refractivity contribution >= 4 is 5.57 Å². The predicted octanol–water partition coefficient (Wildman–Crippen LogP) is 4.06. The van der Waals surface area contributed by atoms with E-state index < -0.39 is 0 Å². The minimum atomic E-state index is 0.181. The average molecular weight is 208 g/mol. The molecule has 16 heavy (non-hydrogen) atoms. The van der Waals surface area contributed by atoms with Crippen molar-refractivity contribution in [3.05, 3.63) is 53.6 Å². The molecular weight excluding hydrogens is 192 g/mol. The van der Waals surface area contributed by atoms with E-state index in [1.165, 1.54) is 11.1 Å². The summed E-state index contributed by atoms with van der Waals surface area (Å²) in [5, 5.41) is 0. The lowest BCUT2D eigenvalue weighted by molar-refractivity contribution is 0.484. The molecule has 0 aromatic heterocycles. The molecule has 1 aromatic rings. The molecule has 80 valence electrons. The highest BCUT2D eigenvalue weighted by atomic mass is 14.2. The van der Waals surface area contributed by atoms with E-state index in [-0.39, 0.29) is 5.41 Å². The zero-order valence-corrected chi connectivity index (χ0v) is 9.83. The van der Waals surface area contributed by atoms with Crippen molar-refractivity contribution in [3.63, 3.8) is 0 Å². The Labute approximate surface area is 97.7 Å². The Morgan fingerprint density at radius 3 is 2.50 bits per heavy atom. The molecule has 0 unspecified atom stereocenters. The van der Waals surface area contributed by atoms with Crippen molar-refractivity contribution < 1.29 is 0 Å². The van der Waals surface area contributed by atoms with E-state index in [0.717, 1.165) is 12.0 Å². The molecule has 0 nitrogen and oxygen atoms in total. The number of hydrogen-bond acceptors (Lipinski definition) is 0. The topological polar surface area (TPSA) is 0 Å². The molecule has 1 aliphatic carbocycles. The Bertz CT molecular complexity index is 479. The van der Waals surface area contributed by atoms with Crippen LogP contribution in [-0.4, -0.2) is 0 Å². The highest BCUT2D eigenvalue weighted by molar-refractivity contribution is 5.84. The molecule has 0 atom stereocenters. The fourth-order valence-corrected chi connectivity index (χ4v) is 2.01. The maximum absolute atomic E-state index is 5.59. The summed E-state index contributed by atoms with van der Waals surface area (Å²) in [5.74, 6) is 2.80. The SMILES string of the molecule is C#CC1=CC(C)(C)CC=C1c1ccccc1. The number of terminal acetylenes is 1. The van der Waals surface area contributed by atoms with Crippen LogP contribution in [0.4, 0.5) is 0 Å². The van der Waals surface area contributed by atoms with Gasteiger partial charge in [-0.1, -0.05) is 62.3 Å². The second-order valence-electron chi connectivity index (χ2n) is 4.88. The first-order valence-corrected chi connectivity index (χ1v) is 5.58. The van der Waals surface area contributed by atoms with Gasteiger partial charge in [-0.05, 0) is 23.0 Å². The van der Waals surface area contributed by atoms with Crippen LogP contribution in [0.2, 0.25) is 0 Å². The van der Waals surface area contributed by atoms with E-state index in [9.17, 15) is 0 Å². The zero-order chi connectivity index (χ0) is 11.6.